The first-order valence-electron chi connectivity index (χ1n) is 9.33. The third-order valence-electron chi connectivity index (χ3n) is 5.15. The van der Waals surface area contributed by atoms with Gasteiger partial charge < -0.3 is 19.6 Å². The summed E-state index contributed by atoms with van der Waals surface area (Å²) in [5, 5.41) is 12.9. The normalized spacial score (nSPS) is 18.9. The molecule has 1 amide bonds. The number of benzene rings is 2. The average Bonchev–Trinajstić information content (AvgIpc) is 3.32. The molecule has 1 saturated carbocycles. The van der Waals surface area contributed by atoms with Gasteiger partial charge in [-0.1, -0.05) is 36.4 Å². The van der Waals surface area contributed by atoms with Gasteiger partial charge in [-0.15, -0.1) is 0 Å². The number of carboxylic acid groups (broad SMARTS) is 1. The number of amides is 1. The lowest BCUT2D eigenvalue weighted by Crippen LogP contribution is -2.33. The molecule has 0 aliphatic heterocycles. The Labute approximate surface area is 162 Å². The van der Waals surface area contributed by atoms with Gasteiger partial charge in [0.05, 0.1) is 5.92 Å². The van der Waals surface area contributed by atoms with Crippen molar-refractivity contribution in [1.82, 2.24) is 5.32 Å². The number of rotatable bonds is 6. The van der Waals surface area contributed by atoms with Gasteiger partial charge in [0.25, 0.3) is 5.91 Å². The highest BCUT2D eigenvalue weighted by molar-refractivity contribution is 5.99. The average molecular weight is 379 g/mol. The molecular formula is C22H21NO5. The van der Waals surface area contributed by atoms with Crippen LogP contribution in [0.4, 0.5) is 0 Å². The molecule has 2 aromatic carbocycles. The van der Waals surface area contributed by atoms with E-state index in [1.807, 2.05) is 54.6 Å². The van der Waals surface area contributed by atoms with Gasteiger partial charge in [-0.25, -0.2) is 0 Å². The minimum absolute atomic E-state index is 0.162. The maximum Gasteiger partial charge on any atom is 0.306 e. The highest BCUT2D eigenvalue weighted by Gasteiger charge is 2.32. The van der Waals surface area contributed by atoms with E-state index in [4.69, 9.17) is 14.3 Å². The maximum absolute atomic E-state index is 12.9. The zero-order valence-corrected chi connectivity index (χ0v) is 15.3. The molecule has 0 radical (unpaired) electrons. The van der Waals surface area contributed by atoms with Crippen molar-refractivity contribution in [3.05, 3.63) is 65.9 Å². The summed E-state index contributed by atoms with van der Waals surface area (Å²) in [6.45, 7) is 0.201. The van der Waals surface area contributed by atoms with Crippen LogP contribution in [-0.4, -0.2) is 23.0 Å². The van der Waals surface area contributed by atoms with Crippen LogP contribution in [0.15, 0.2) is 59.0 Å². The number of carboxylic acids is 1. The number of carbonyl (C=O) groups excluding carboxylic acids is 1. The van der Waals surface area contributed by atoms with Gasteiger partial charge in [-0.2, -0.15) is 0 Å². The number of fused-ring (bicyclic) bond motifs is 1. The number of para-hydroxylation sites is 2. The van der Waals surface area contributed by atoms with Crippen LogP contribution < -0.4 is 10.1 Å². The molecule has 1 heterocycles. The summed E-state index contributed by atoms with van der Waals surface area (Å²) < 4.78 is 11.7. The molecule has 28 heavy (non-hydrogen) atoms. The zero-order chi connectivity index (χ0) is 19.5. The zero-order valence-electron chi connectivity index (χ0n) is 15.3. The Hall–Kier alpha value is -3.28. The Morgan fingerprint density at radius 3 is 2.57 bits per heavy atom. The predicted molar refractivity (Wildman–Crippen MR) is 103 cm³/mol. The van der Waals surface area contributed by atoms with Crippen molar-refractivity contribution in [2.24, 2.45) is 5.92 Å². The van der Waals surface area contributed by atoms with Crippen LogP contribution in [0.2, 0.25) is 0 Å². The van der Waals surface area contributed by atoms with Crippen molar-refractivity contribution in [2.45, 2.75) is 31.9 Å². The summed E-state index contributed by atoms with van der Waals surface area (Å²) in [5.41, 5.74) is 1.30. The van der Waals surface area contributed by atoms with Gasteiger partial charge in [-0.05, 0) is 37.5 Å². The minimum Gasteiger partial charge on any atom is -0.489 e. The SMILES string of the molecule is O=C(N[C@@H]1CC[C@H](C(=O)O)C1)c1oc2ccccc2c1COc1ccccc1. The first-order valence-corrected chi connectivity index (χ1v) is 9.33. The monoisotopic (exact) mass is 379 g/mol. The van der Waals surface area contributed by atoms with E-state index in [-0.39, 0.29) is 24.3 Å². The van der Waals surface area contributed by atoms with Crippen LogP contribution in [0.5, 0.6) is 5.75 Å². The number of hydrogen-bond acceptors (Lipinski definition) is 4. The predicted octanol–water partition coefficient (Wildman–Crippen LogP) is 3.99. The van der Waals surface area contributed by atoms with Crippen molar-refractivity contribution in [3.8, 4) is 5.75 Å². The fraction of sp³-hybridized carbons (Fsp3) is 0.273. The molecule has 2 N–H and O–H groups in total. The molecule has 0 bridgehead atoms. The molecule has 144 valence electrons. The van der Waals surface area contributed by atoms with Gasteiger partial charge in [0.15, 0.2) is 5.76 Å². The Morgan fingerprint density at radius 2 is 1.82 bits per heavy atom. The molecule has 6 nitrogen and oxygen atoms in total. The standard InChI is InChI=1S/C22H21NO5/c24-21(23-15-11-10-14(12-15)22(25)26)20-18(13-27-16-6-2-1-3-7-16)17-8-4-5-9-19(17)28-20/h1-9,14-15H,10-13H2,(H,23,24)(H,25,26)/t14-,15+/m0/s1. The summed E-state index contributed by atoms with van der Waals surface area (Å²) in [6.07, 6.45) is 1.67. The van der Waals surface area contributed by atoms with Crippen LogP contribution in [0.25, 0.3) is 11.0 Å². The second-order valence-corrected chi connectivity index (χ2v) is 7.03. The molecule has 6 heteroatoms. The van der Waals surface area contributed by atoms with E-state index >= 15 is 0 Å². The summed E-state index contributed by atoms with van der Waals surface area (Å²) in [5.74, 6) is -0.617. The van der Waals surface area contributed by atoms with E-state index < -0.39 is 11.9 Å². The first kappa shape index (κ1) is 18.1. The summed E-state index contributed by atoms with van der Waals surface area (Å²) in [6, 6.07) is 16.7. The quantitative estimate of drug-likeness (QED) is 0.676. The van der Waals surface area contributed by atoms with E-state index in [2.05, 4.69) is 5.32 Å². The Morgan fingerprint density at radius 1 is 1.07 bits per heavy atom. The van der Waals surface area contributed by atoms with Crippen LogP contribution in [0.3, 0.4) is 0 Å². The van der Waals surface area contributed by atoms with Crippen molar-refractivity contribution >= 4 is 22.8 Å². The largest absolute Gasteiger partial charge is 0.489 e. The second-order valence-electron chi connectivity index (χ2n) is 7.03. The number of furan rings is 1. The van der Waals surface area contributed by atoms with Crippen molar-refractivity contribution < 1.29 is 23.8 Å². The van der Waals surface area contributed by atoms with Crippen LogP contribution in [0, 0.1) is 5.92 Å². The van der Waals surface area contributed by atoms with Gasteiger partial charge in [0, 0.05) is 17.0 Å². The smallest absolute Gasteiger partial charge is 0.306 e. The molecule has 0 spiro atoms. The number of ether oxygens (including phenoxy) is 1. The van der Waals surface area contributed by atoms with Crippen LogP contribution >= 0.6 is 0 Å². The molecule has 3 aromatic rings. The Kier molecular flexibility index (Phi) is 5.02. The van der Waals surface area contributed by atoms with E-state index in [0.29, 0.717) is 36.2 Å². The fourth-order valence-corrected chi connectivity index (χ4v) is 3.69. The Bertz CT molecular complexity index is 995. The van der Waals surface area contributed by atoms with Gasteiger partial charge in [0.2, 0.25) is 0 Å². The van der Waals surface area contributed by atoms with E-state index in [9.17, 15) is 9.59 Å². The third kappa shape index (κ3) is 3.71. The summed E-state index contributed by atoms with van der Waals surface area (Å²) in [4.78, 5) is 24.0. The fourth-order valence-electron chi connectivity index (χ4n) is 3.69. The van der Waals surface area contributed by atoms with Gasteiger partial charge in [0.1, 0.15) is 17.9 Å². The lowest BCUT2D eigenvalue weighted by molar-refractivity contribution is -0.141. The van der Waals surface area contributed by atoms with E-state index in [1.54, 1.807) is 0 Å². The lowest BCUT2D eigenvalue weighted by atomic mass is 10.1. The number of nitrogens with one attached hydrogen (secondary N) is 1. The van der Waals surface area contributed by atoms with Crippen molar-refractivity contribution in [2.75, 3.05) is 0 Å². The molecule has 1 aromatic heterocycles. The topological polar surface area (TPSA) is 88.8 Å². The highest BCUT2D eigenvalue weighted by atomic mass is 16.5. The molecule has 1 aliphatic rings. The molecular weight excluding hydrogens is 358 g/mol. The van der Waals surface area contributed by atoms with Gasteiger partial charge >= 0.3 is 5.97 Å². The number of hydrogen-bond donors (Lipinski definition) is 2. The molecule has 2 atom stereocenters. The molecule has 1 aliphatic carbocycles. The second kappa shape index (κ2) is 7.76. The Balaban J connectivity index is 1.55. The molecule has 4 rings (SSSR count). The molecule has 0 saturated heterocycles. The number of carbonyl (C=O) groups is 2. The van der Waals surface area contributed by atoms with Crippen molar-refractivity contribution in [3.63, 3.8) is 0 Å². The van der Waals surface area contributed by atoms with E-state index in [0.717, 1.165) is 5.39 Å². The van der Waals surface area contributed by atoms with E-state index in [1.165, 1.54) is 0 Å². The van der Waals surface area contributed by atoms with Crippen LogP contribution in [0.1, 0.15) is 35.4 Å². The maximum atomic E-state index is 12.9. The highest BCUT2D eigenvalue weighted by Crippen LogP contribution is 2.29. The van der Waals surface area contributed by atoms with Gasteiger partial charge in [-0.3, -0.25) is 9.59 Å². The molecule has 1 fully saturated rings. The number of aliphatic carboxylic acids is 1. The first-order chi connectivity index (χ1) is 13.6. The summed E-state index contributed by atoms with van der Waals surface area (Å²) in [7, 11) is 0. The van der Waals surface area contributed by atoms with Crippen LogP contribution in [-0.2, 0) is 11.4 Å². The summed E-state index contributed by atoms with van der Waals surface area (Å²) >= 11 is 0. The lowest BCUT2D eigenvalue weighted by Gasteiger charge is -2.12. The van der Waals surface area contributed by atoms with Crippen molar-refractivity contribution in [1.29, 1.82) is 0 Å². The third-order valence-corrected chi connectivity index (χ3v) is 5.15. The minimum atomic E-state index is -0.808. The molecule has 0 unspecified atom stereocenters.